The molecule has 0 spiro atoms. The Labute approximate surface area is 435 Å². The van der Waals surface area contributed by atoms with Gasteiger partial charge in [0.25, 0.3) is 0 Å². The number of phenolic OH excluding ortho intramolecular Hbond substituents is 1. The van der Waals surface area contributed by atoms with Crippen molar-refractivity contribution in [3.63, 3.8) is 0 Å². The third-order valence-electron chi connectivity index (χ3n) is 12.6. The summed E-state index contributed by atoms with van der Waals surface area (Å²) in [4.78, 5) is 51.3. The summed E-state index contributed by atoms with van der Waals surface area (Å²) in [5.74, 6) is 4.50. The normalized spacial score (nSPS) is 15.8. The predicted octanol–water partition coefficient (Wildman–Crippen LogP) is -0.898. The molecule has 0 bridgehead atoms. The van der Waals surface area contributed by atoms with E-state index in [4.69, 9.17) is 52.8 Å². The van der Waals surface area contributed by atoms with Crippen LogP contribution in [0.3, 0.4) is 0 Å². The molecular weight excluding hydrogens is 958 g/mol. The lowest BCUT2D eigenvalue weighted by molar-refractivity contribution is -0.136. The van der Waals surface area contributed by atoms with Crippen molar-refractivity contribution in [2.45, 2.75) is 90.4 Å². The predicted molar refractivity (Wildman–Crippen MR) is 273 cm³/mol. The van der Waals surface area contributed by atoms with Crippen LogP contribution in [0.15, 0.2) is 36.7 Å². The van der Waals surface area contributed by atoms with Crippen LogP contribution in [0.2, 0.25) is 0 Å². The van der Waals surface area contributed by atoms with Gasteiger partial charge in [-0.2, -0.15) is 15.0 Å². The number of unbranched alkanes of at least 4 members (excludes halogenated alkanes) is 1. The molecule has 2 fully saturated rings. The van der Waals surface area contributed by atoms with Crippen LogP contribution in [0.4, 0.5) is 17.8 Å². The topological polar surface area (TPSA) is 285 Å². The number of aromatic nitrogens is 9. The molecular formula is C49H77ClN17O6-. The van der Waals surface area contributed by atoms with Crippen molar-refractivity contribution >= 4 is 29.7 Å². The van der Waals surface area contributed by atoms with Crippen molar-refractivity contribution in [2.24, 2.45) is 29.0 Å². The first kappa shape index (κ1) is 58.2. The molecule has 73 heavy (non-hydrogen) atoms. The first-order chi connectivity index (χ1) is 34.8. The quantitative estimate of drug-likeness (QED) is 0.0326. The van der Waals surface area contributed by atoms with Crippen molar-refractivity contribution in [1.29, 1.82) is 0 Å². The summed E-state index contributed by atoms with van der Waals surface area (Å²) in [5.41, 5.74) is 20.9. The largest absolute Gasteiger partial charge is 1.00 e. The fourth-order valence-electron chi connectivity index (χ4n) is 8.68. The molecule has 6 rings (SSSR count). The molecule has 402 valence electrons. The van der Waals surface area contributed by atoms with Crippen molar-refractivity contribution in [3.8, 4) is 18.1 Å². The third kappa shape index (κ3) is 17.7. The number of phenols is 1. The van der Waals surface area contributed by atoms with Gasteiger partial charge in [-0.25, -0.2) is 9.36 Å². The Morgan fingerprint density at radius 1 is 0.712 bits per heavy atom. The minimum atomic E-state index is -0.691. The first-order valence-corrected chi connectivity index (χ1v) is 25.4. The van der Waals surface area contributed by atoms with Crippen LogP contribution >= 0.6 is 0 Å². The maximum absolute atomic E-state index is 14.5. The maximum Gasteiger partial charge on any atom is 0.247 e. The van der Waals surface area contributed by atoms with Gasteiger partial charge in [-0.15, -0.1) is 16.6 Å². The number of hydrogen-bond acceptors (Lipinski definition) is 19. The molecule has 5 heterocycles. The summed E-state index contributed by atoms with van der Waals surface area (Å²) in [6.45, 7) is 15.2. The lowest BCUT2D eigenvalue weighted by Crippen LogP contribution is -3.00. The number of benzene rings is 1. The van der Waals surface area contributed by atoms with Crippen molar-refractivity contribution < 1.29 is 41.3 Å². The zero-order chi connectivity index (χ0) is 51.4. The molecule has 8 N–H and O–H groups in total. The van der Waals surface area contributed by atoms with Gasteiger partial charge < -0.3 is 73.8 Å². The van der Waals surface area contributed by atoms with Crippen LogP contribution in [-0.4, -0.2) is 177 Å². The van der Waals surface area contributed by atoms with Gasteiger partial charge >= 0.3 is 0 Å². The molecule has 3 aromatic heterocycles. The van der Waals surface area contributed by atoms with Crippen molar-refractivity contribution in [2.75, 3.05) is 120 Å². The Morgan fingerprint density at radius 2 is 1.21 bits per heavy atom. The fourth-order valence-corrected chi connectivity index (χ4v) is 8.68. The fraction of sp³-hybridized carbons (Fsp3) is 0.653. The van der Waals surface area contributed by atoms with E-state index in [-0.39, 0.29) is 48.7 Å². The Kier molecular flexibility index (Phi) is 23.8. The van der Waals surface area contributed by atoms with Gasteiger partial charge in [0.15, 0.2) is 0 Å². The average molecular weight is 1040 g/mol. The molecule has 23 nitrogen and oxygen atoms in total. The highest BCUT2D eigenvalue weighted by Crippen LogP contribution is 2.26. The molecule has 0 radical (unpaired) electrons. The number of carbonyl (C=O) groups is 2. The van der Waals surface area contributed by atoms with Gasteiger partial charge in [0.1, 0.15) is 24.4 Å². The average Bonchev–Trinajstić information content (AvgIpc) is 4.08. The number of hydrogen-bond donors (Lipinski definition) is 5. The maximum atomic E-state index is 14.5. The Hall–Kier alpha value is -5.74. The van der Waals surface area contributed by atoms with Gasteiger partial charge in [0.05, 0.1) is 68.9 Å². The Bertz CT molecular complexity index is 2300. The Morgan fingerprint density at radius 3 is 1.71 bits per heavy atom. The summed E-state index contributed by atoms with van der Waals surface area (Å²) in [6, 6.07) is 5.03. The van der Waals surface area contributed by atoms with E-state index >= 15 is 0 Å². The van der Waals surface area contributed by atoms with Gasteiger partial charge in [0, 0.05) is 65.3 Å². The summed E-state index contributed by atoms with van der Waals surface area (Å²) >= 11 is 0. The molecule has 4 atom stereocenters. The van der Waals surface area contributed by atoms with Gasteiger partial charge in [0.2, 0.25) is 29.7 Å². The monoisotopic (exact) mass is 1030 g/mol. The zero-order valence-corrected chi connectivity index (χ0v) is 43.7. The van der Waals surface area contributed by atoms with Crippen LogP contribution in [0, 0.1) is 24.2 Å². The number of anilines is 3. The zero-order valence-electron chi connectivity index (χ0n) is 43.0. The standard InChI is InChI=1S/C49H77N17O6.ClH/c1-6-24-70-26-28-72-29-27-71-25-15-53-47-54-48(63-20-16-61(17-21-63)45(68)43(9-7-8-14-50)65-33-41(57-59-65)39(51)30-35(2)3)56-49(55-47)64-22-18-62(19-23-64)46(69)44(32-37-10-12-38(67)13-11-37)66-34-42(58-60-66)40(52)31-36(4)5;/h1,10-13,33-36,39-40,43-44,67H,7-9,14-32,50-52H2,2-5H3,(H,53,54,55,56);1H/p-1/t39-,40-,43-,44-;/m0./s1. The number of rotatable bonds is 29. The number of nitrogens with zero attached hydrogens (tertiary/aromatic N) is 13. The number of carbonyl (C=O) groups excluding carboxylic acids is 2. The number of amides is 2. The third-order valence-corrected chi connectivity index (χ3v) is 12.6. The van der Waals surface area contributed by atoms with E-state index in [0.29, 0.717) is 152 Å². The van der Waals surface area contributed by atoms with Crippen LogP contribution in [0.5, 0.6) is 5.75 Å². The minimum absolute atomic E-state index is 0. The minimum Gasteiger partial charge on any atom is -1.00 e. The SMILES string of the molecule is C#CCOCCOCCOCCNc1nc(N2CCN(C(=O)[C@H](CCCCN)n3cc([C@@H](N)CC(C)C)nn3)CC2)nc(N2CCN(C(=O)[C@H](Cc3ccc(O)cc3)n3cc([C@@H](N)CC(C)C)nn3)CC2)n1.[Cl-]. The van der Waals surface area contributed by atoms with Crippen LogP contribution in [0.25, 0.3) is 0 Å². The number of nitrogens with one attached hydrogen (secondary N) is 1. The lowest BCUT2D eigenvalue weighted by Gasteiger charge is -2.38. The molecule has 0 aliphatic carbocycles. The molecule has 0 saturated carbocycles. The number of aromatic hydroxyl groups is 1. The van der Waals surface area contributed by atoms with E-state index in [9.17, 15) is 14.7 Å². The number of ether oxygens (including phenoxy) is 3. The summed E-state index contributed by atoms with van der Waals surface area (Å²) in [6.07, 6.45) is 12.8. The summed E-state index contributed by atoms with van der Waals surface area (Å²) in [5, 5.41) is 30.8. The van der Waals surface area contributed by atoms with Crippen molar-refractivity contribution in [1.82, 2.24) is 54.7 Å². The second-order valence-electron chi connectivity index (χ2n) is 19.2. The summed E-state index contributed by atoms with van der Waals surface area (Å²) in [7, 11) is 0. The van der Waals surface area contributed by atoms with Crippen LogP contribution in [-0.2, 0) is 30.2 Å². The van der Waals surface area contributed by atoms with E-state index in [1.807, 2.05) is 16.0 Å². The number of halogens is 1. The Balaban J connectivity index is 0.00000988. The van der Waals surface area contributed by atoms with Crippen LogP contribution in [0.1, 0.15) is 101 Å². The summed E-state index contributed by atoms with van der Waals surface area (Å²) < 4.78 is 19.9. The van der Waals surface area contributed by atoms with E-state index in [0.717, 1.165) is 31.2 Å². The second kappa shape index (κ2) is 29.8. The molecule has 2 aliphatic heterocycles. The molecule has 24 heteroatoms. The van der Waals surface area contributed by atoms with Gasteiger partial charge in [-0.3, -0.25) is 9.59 Å². The van der Waals surface area contributed by atoms with Gasteiger partial charge in [-0.1, -0.05) is 56.2 Å². The number of terminal acetylenes is 1. The van der Waals surface area contributed by atoms with E-state index in [1.54, 1.807) is 39.8 Å². The van der Waals surface area contributed by atoms with E-state index in [2.05, 4.69) is 69.4 Å². The highest BCUT2D eigenvalue weighted by atomic mass is 35.5. The molecule has 0 unspecified atom stereocenters. The van der Waals surface area contributed by atoms with E-state index in [1.165, 1.54) is 0 Å². The number of piperazine rings is 2. The van der Waals surface area contributed by atoms with Crippen molar-refractivity contribution in [3.05, 3.63) is 53.6 Å². The highest BCUT2D eigenvalue weighted by molar-refractivity contribution is 5.81. The number of nitrogens with two attached hydrogens (primary N) is 3. The second-order valence-corrected chi connectivity index (χ2v) is 19.2. The molecule has 2 saturated heterocycles. The molecule has 2 aliphatic rings. The molecule has 1 aromatic carbocycles. The highest BCUT2D eigenvalue weighted by Gasteiger charge is 2.34. The lowest BCUT2D eigenvalue weighted by atomic mass is 10.0. The van der Waals surface area contributed by atoms with Crippen LogP contribution < -0.4 is 44.7 Å². The molecule has 2 amide bonds. The smallest absolute Gasteiger partial charge is 0.247 e. The van der Waals surface area contributed by atoms with E-state index < -0.39 is 12.1 Å². The van der Waals surface area contributed by atoms with Gasteiger partial charge in [-0.05, 0) is 68.2 Å². The molecule has 4 aromatic rings. The first-order valence-electron chi connectivity index (χ1n) is 25.4.